The first-order chi connectivity index (χ1) is 10.1. The van der Waals surface area contributed by atoms with Crippen LogP contribution in [0.25, 0.3) is 10.6 Å². The Morgan fingerprint density at radius 2 is 2.24 bits per heavy atom. The highest BCUT2D eigenvalue weighted by atomic mass is 32.1. The lowest BCUT2D eigenvalue weighted by molar-refractivity contribution is 0.0713. The molecule has 1 amide bonds. The van der Waals surface area contributed by atoms with E-state index in [0.29, 0.717) is 22.0 Å². The number of hydrogen-bond acceptors (Lipinski definition) is 4. The molecule has 1 aliphatic rings. The van der Waals surface area contributed by atoms with Gasteiger partial charge in [0.2, 0.25) is 0 Å². The molecule has 2 heterocycles. The average molecular weight is 305 g/mol. The second-order valence-electron chi connectivity index (χ2n) is 5.16. The number of hydrogen-bond donors (Lipinski definition) is 1. The lowest BCUT2D eigenvalue weighted by Crippen LogP contribution is -2.45. The molecule has 1 saturated heterocycles. The molecule has 0 aliphatic carbocycles. The molecule has 4 nitrogen and oxygen atoms in total. The number of piperidine rings is 1. The van der Waals surface area contributed by atoms with Crippen molar-refractivity contribution < 1.29 is 9.18 Å². The maximum atomic E-state index is 13.7. The van der Waals surface area contributed by atoms with Crippen LogP contribution in [0.4, 0.5) is 4.39 Å². The van der Waals surface area contributed by atoms with Gasteiger partial charge in [-0.2, -0.15) is 0 Å². The van der Waals surface area contributed by atoms with Crippen molar-refractivity contribution in [3.63, 3.8) is 0 Å². The molecule has 110 valence electrons. The van der Waals surface area contributed by atoms with E-state index in [1.807, 2.05) is 0 Å². The Morgan fingerprint density at radius 3 is 3.00 bits per heavy atom. The van der Waals surface area contributed by atoms with Crippen LogP contribution in [-0.2, 0) is 0 Å². The SMILES string of the molecule is N[C@@H]1CCCN(C(=O)c2cnc(-c3ccccc3F)s2)C1. The summed E-state index contributed by atoms with van der Waals surface area (Å²) in [5, 5.41) is 0.526. The third-order valence-electron chi connectivity index (χ3n) is 3.57. The van der Waals surface area contributed by atoms with Gasteiger partial charge < -0.3 is 10.6 Å². The molecule has 1 aromatic carbocycles. The van der Waals surface area contributed by atoms with E-state index in [2.05, 4.69) is 4.98 Å². The summed E-state index contributed by atoms with van der Waals surface area (Å²) >= 11 is 1.22. The summed E-state index contributed by atoms with van der Waals surface area (Å²) in [4.78, 5) is 18.9. The molecule has 0 spiro atoms. The Morgan fingerprint density at radius 1 is 1.43 bits per heavy atom. The molecule has 2 aromatic rings. The Kier molecular flexibility index (Phi) is 3.98. The molecule has 2 N–H and O–H groups in total. The fourth-order valence-corrected chi connectivity index (χ4v) is 3.39. The van der Waals surface area contributed by atoms with Crippen LogP contribution < -0.4 is 5.73 Å². The van der Waals surface area contributed by atoms with Crippen LogP contribution >= 0.6 is 11.3 Å². The summed E-state index contributed by atoms with van der Waals surface area (Å²) in [7, 11) is 0. The highest BCUT2D eigenvalue weighted by Crippen LogP contribution is 2.28. The summed E-state index contributed by atoms with van der Waals surface area (Å²) in [5.74, 6) is -0.393. The van der Waals surface area contributed by atoms with Crippen LogP contribution in [0, 0.1) is 5.82 Å². The van der Waals surface area contributed by atoms with Gasteiger partial charge in [0.15, 0.2) is 0 Å². The highest BCUT2D eigenvalue weighted by Gasteiger charge is 2.24. The van der Waals surface area contributed by atoms with Crippen LogP contribution in [-0.4, -0.2) is 34.9 Å². The molecule has 0 unspecified atom stereocenters. The van der Waals surface area contributed by atoms with E-state index in [1.165, 1.54) is 23.6 Å². The van der Waals surface area contributed by atoms with Crippen LogP contribution in [0.1, 0.15) is 22.5 Å². The zero-order valence-corrected chi connectivity index (χ0v) is 12.3. The van der Waals surface area contributed by atoms with Gasteiger partial charge in [-0.1, -0.05) is 12.1 Å². The number of aromatic nitrogens is 1. The van der Waals surface area contributed by atoms with Crippen molar-refractivity contribution in [2.45, 2.75) is 18.9 Å². The second-order valence-corrected chi connectivity index (χ2v) is 6.19. The monoisotopic (exact) mass is 305 g/mol. The number of nitrogens with zero attached hydrogens (tertiary/aromatic N) is 2. The van der Waals surface area contributed by atoms with E-state index in [0.717, 1.165) is 19.4 Å². The first kappa shape index (κ1) is 14.2. The fraction of sp³-hybridized carbons (Fsp3) is 0.333. The summed E-state index contributed by atoms with van der Waals surface area (Å²) in [6.07, 6.45) is 3.40. The van der Waals surface area contributed by atoms with Gasteiger partial charge in [-0.05, 0) is 25.0 Å². The molecule has 1 aliphatic heterocycles. The van der Waals surface area contributed by atoms with E-state index in [1.54, 1.807) is 23.1 Å². The summed E-state index contributed by atoms with van der Waals surface area (Å²) in [6, 6.07) is 6.49. The molecule has 0 saturated carbocycles. The van der Waals surface area contributed by atoms with Crippen molar-refractivity contribution in [1.82, 2.24) is 9.88 Å². The number of carbonyl (C=O) groups excluding carboxylic acids is 1. The molecule has 1 fully saturated rings. The first-order valence-electron chi connectivity index (χ1n) is 6.91. The van der Waals surface area contributed by atoms with Gasteiger partial charge in [0, 0.05) is 24.7 Å². The Hall–Kier alpha value is -1.79. The summed E-state index contributed by atoms with van der Waals surface area (Å²) in [6.45, 7) is 1.30. The molecule has 3 rings (SSSR count). The Labute approximate surface area is 126 Å². The minimum Gasteiger partial charge on any atom is -0.336 e. The van der Waals surface area contributed by atoms with Gasteiger partial charge in [-0.15, -0.1) is 11.3 Å². The lowest BCUT2D eigenvalue weighted by atomic mass is 10.1. The van der Waals surface area contributed by atoms with Crippen LogP contribution in [0.3, 0.4) is 0 Å². The van der Waals surface area contributed by atoms with Crippen molar-refractivity contribution in [3.8, 4) is 10.6 Å². The van der Waals surface area contributed by atoms with Gasteiger partial charge in [-0.3, -0.25) is 4.79 Å². The van der Waals surface area contributed by atoms with Gasteiger partial charge in [0.1, 0.15) is 15.7 Å². The van der Waals surface area contributed by atoms with E-state index >= 15 is 0 Å². The largest absolute Gasteiger partial charge is 0.336 e. The van der Waals surface area contributed by atoms with Crippen molar-refractivity contribution >= 4 is 17.2 Å². The minimum absolute atomic E-state index is 0.0432. The third-order valence-corrected chi connectivity index (χ3v) is 4.58. The number of thiazole rings is 1. The predicted molar refractivity (Wildman–Crippen MR) is 80.6 cm³/mol. The summed E-state index contributed by atoms with van der Waals surface area (Å²) in [5.41, 5.74) is 6.33. The average Bonchev–Trinajstić information content (AvgIpc) is 2.96. The zero-order chi connectivity index (χ0) is 14.8. The van der Waals surface area contributed by atoms with Crippen molar-refractivity contribution in [1.29, 1.82) is 0 Å². The fourth-order valence-electron chi connectivity index (χ4n) is 2.48. The maximum absolute atomic E-state index is 13.7. The maximum Gasteiger partial charge on any atom is 0.265 e. The molecular formula is C15H16FN3OS. The quantitative estimate of drug-likeness (QED) is 0.927. The van der Waals surface area contributed by atoms with Crippen LogP contribution in [0.5, 0.6) is 0 Å². The normalized spacial score (nSPS) is 18.8. The third kappa shape index (κ3) is 2.96. The van der Waals surface area contributed by atoms with E-state index in [-0.39, 0.29) is 17.8 Å². The Bertz CT molecular complexity index is 658. The highest BCUT2D eigenvalue weighted by molar-refractivity contribution is 7.16. The number of carbonyl (C=O) groups is 1. The predicted octanol–water partition coefficient (Wildman–Crippen LogP) is 2.51. The number of benzene rings is 1. The number of likely N-dealkylation sites (tertiary alicyclic amines) is 1. The molecular weight excluding hydrogens is 289 g/mol. The van der Waals surface area contributed by atoms with Crippen molar-refractivity contribution in [2.75, 3.05) is 13.1 Å². The zero-order valence-electron chi connectivity index (χ0n) is 11.5. The van der Waals surface area contributed by atoms with E-state index < -0.39 is 0 Å². The van der Waals surface area contributed by atoms with Crippen molar-refractivity contribution in [3.05, 3.63) is 41.2 Å². The van der Waals surface area contributed by atoms with Crippen molar-refractivity contribution in [2.24, 2.45) is 5.73 Å². The lowest BCUT2D eigenvalue weighted by Gasteiger charge is -2.30. The van der Waals surface area contributed by atoms with E-state index in [9.17, 15) is 9.18 Å². The number of amides is 1. The molecule has 1 aromatic heterocycles. The Balaban J connectivity index is 1.82. The molecule has 0 radical (unpaired) electrons. The molecule has 6 heteroatoms. The van der Waals surface area contributed by atoms with Gasteiger partial charge in [0.25, 0.3) is 5.91 Å². The molecule has 1 atom stereocenters. The molecule has 21 heavy (non-hydrogen) atoms. The first-order valence-corrected chi connectivity index (χ1v) is 7.72. The van der Waals surface area contributed by atoms with E-state index in [4.69, 9.17) is 5.73 Å². The number of nitrogens with two attached hydrogens (primary N) is 1. The standard InChI is InChI=1S/C15H16FN3OS/c16-12-6-2-1-5-11(12)14-18-8-13(21-14)15(20)19-7-3-4-10(17)9-19/h1-2,5-6,8,10H,3-4,7,9,17H2/t10-/m1/s1. The number of rotatable bonds is 2. The van der Waals surface area contributed by atoms with Gasteiger partial charge in [0.05, 0.1) is 6.20 Å². The number of halogens is 1. The van der Waals surface area contributed by atoms with Gasteiger partial charge in [-0.25, -0.2) is 9.37 Å². The molecule has 0 bridgehead atoms. The van der Waals surface area contributed by atoms with Crippen LogP contribution in [0.15, 0.2) is 30.5 Å². The minimum atomic E-state index is -0.328. The topological polar surface area (TPSA) is 59.2 Å². The van der Waals surface area contributed by atoms with Crippen LogP contribution in [0.2, 0.25) is 0 Å². The smallest absolute Gasteiger partial charge is 0.265 e. The summed E-state index contributed by atoms with van der Waals surface area (Å²) < 4.78 is 13.7. The second kappa shape index (κ2) is 5.91. The van der Waals surface area contributed by atoms with Gasteiger partial charge >= 0.3 is 0 Å².